The van der Waals surface area contributed by atoms with Crippen LogP contribution in [0.4, 0.5) is 0 Å². The van der Waals surface area contributed by atoms with Gasteiger partial charge in [-0.15, -0.1) is 0 Å². The van der Waals surface area contributed by atoms with Gasteiger partial charge in [0, 0.05) is 52.4 Å². The van der Waals surface area contributed by atoms with Crippen LogP contribution in [0.25, 0.3) is 0 Å². The molecule has 2 aliphatic rings. The molecule has 0 spiro atoms. The van der Waals surface area contributed by atoms with Gasteiger partial charge in [0.1, 0.15) is 0 Å². The van der Waals surface area contributed by atoms with E-state index >= 15 is 0 Å². The normalized spacial score (nSPS) is 25.4. The molecule has 0 saturated carbocycles. The minimum Gasteiger partial charge on any atom is -0.376 e. The first kappa shape index (κ1) is 11.3. The van der Waals surface area contributed by atoms with Crippen LogP contribution in [0.15, 0.2) is 0 Å². The molecule has 0 unspecified atom stereocenters. The lowest BCUT2D eigenvalue weighted by Crippen LogP contribution is -2.50. The maximum Gasteiger partial charge on any atom is 0.0828 e. The van der Waals surface area contributed by atoms with Crippen LogP contribution in [0.2, 0.25) is 0 Å². The highest BCUT2D eigenvalue weighted by atomic mass is 16.5. The number of hydrogen-bond donors (Lipinski definition) is 1. The van der Waals surface area contributed by atoms with E-state index in [0.29, 0.717) is 6.10 Å². The van der Waals surface area contributed by atoms with Crippen molar-refractivity contribution in [1.82, 2.24) is 15.1 Å². The van der Waals surface area contributed by atoms with E-state index in [1.54, 1.807) is 0 Å². The molecule has 0 aromatic rings. The lowest BCUT2D eigenvalue weighted by Gasteiger charge is -2.36. The van der Waals surface area contributed by atoms with Crippen LogP contribution < -0.4 is 5.32 Å². The first-order chi connectivity index (χ1) is 7.34. The molecule has 2 saturated heterocycles. The maximum atomic E-state index is 5.76. The molecule has 0 bridgehead atoms. The molecule has 0 aliphatic carbocycles. The van der Waals surface area contributed by atoms with Crippen LogP contribution in [0.3, 0.4) is 0 Å². The van der Waals surface area contributed by atoms with Crippen LogP contribution in [0, 0.1) is 0 Å². The third-order valence-corrected chi connectivity index (χ3v) is 3.21. The van der Waals surface area contributed by atoms with E-state index in [0.717, 1.165) is 32.8 Å². The number of likely N-dealkylation sites (N-methyl/N-ethyl adjacent to an activating group) is 1. The van der Waals surface area contributed by atoms with E-state index in [1.807, 2.05) is 0 Å². The van der Waals surface area contributed by atoms with Crippen LogP contribution in [0.5, 0.6) is 0 Å². The number of rotatable bonds is 5. The molecule has 0 aromatic heterocycles. The Hall–Kier alpha value is -0.160. The number of ether oxygens (including phenoxy) is 1. The van der Waals surface area contributed by atoms with Crippen molar-refractivity contribution < 1.29 is 4.74 Å². The molecule has 2 heterocycles. The van der Waals surface area contributed by atoms with Crippen molar-refractivity contribution in [3.05, 3.63) is 0 Å². The maximum absolute atomic E-state index is 5.76. The first-order valence-corrected chi connectivity index (χ1v) is 6.08. The van der Waals surface area contributed by atoms with Crippen molar-refractivity contribution in [2.45, 2.75) is 12.5 Å². The van der Waals surface area contributed by atoms with Gasteiger partial charge >= 0.3 is 0 Å². The molecule has 2 rings (SSSR count). The lowest BCUT2D eigenvalue weighted by atomic mass is 10.2. The quantitative estimate of drug-likeness (QED) is 0.630. The van der Waals surface area contributed by atoms with Gasteiger partial charge < -0.3 is 19.9 Å². The molecule has 2 aliphatic heterocycles. The zero-order valence-electron chi connectivity index (χ0n) is 9.74. The van der Waals surface area contributed by atoms with Crippen LogP contribution in [-0.2, 0) is 4.74 Å². The van der Waals surface area contributed by atoms with E-state index < -0.39 is 0 Å². The monoisotopic (exact) mass is 213 g/mol. The summed E-state index contributed by atoms with van der Waals surface area (Å²) in [5.74, 6) is 0. The summed E-state index contributed by atoms with van der Waals surface area (Å²) in [6, 6.07) is 0. The third-order valence-electron chi connectivity index (χ3n) is 3.21. The summed E-state index contributed by atoms with van der Waals surface area (Å²) in [7, 11) is 2.14. The fourth-order valence-corrected chi connectivity index (χ4v) is 2.22. The van der Waals surface area contributed by atoms with E-state index in [9.17, 15) is 0 Å². The second-order valence-electron chi connectivity index (χ2n) is 4.66. The van der Waals surface area contributed by atoms with Gasteiger partial charge in [-0.05, 0) is 13.5 Å². The van der Waals surface area contributed by atoms with Crippen molar-refractivity contribution in [3.8, 4) is 0 Å². The summed E-state index contributed by atoms with van der Waals surface area (Å²) >= 11 is 0. The molecule has 0 atom stereocenters. The van der Waals surface area contributed by atoms with Crippen LogP contribution >= 0.6 is 0 Å². The zero-order chi connectivity index (χ0) is 10.5. The highest BCUT2D eigenvalue weighted by Gasteiger charge is 2.23. The van der Waals surface area contributed by atoms with Crippen molar-refractivity contribution >= 4 is 0 Å². The molecule has 0 radical (unpaired) electrons. The SMILES string of the molecule is CN1CC(OCCCN2CCNCC2)C1. The summed E-state index contributed by atoms with van der Waals surface area (Å²) in [5, 5.41) is 3.37. The molecule has 15 heavy (non-hydrogen) atoms. The van der Waals surface area contributed by atoms with E-state index in [2.05, 4.69) is 22.2 Å². The highest BCUT2D eigenvalue weighted by molar-refractivity contribution is 4.77. The Balaban J connectivity index is 1.44. The van der Waals surface area contributed by atoms with Gasteiger partial charge in [0.2, 0.25) is 0 Å². The Morgan fingerprint density at radius 2 is 2.00 bits per heavy atom. The number of piperazine rings is 1. The van der Waals surface area contributed by atoms with Gasteiger partial charge in [0.25, 0.3) is 0 Å². The fraction of sp³-hybridized carbons (Fsp3) is 1.00. The average Bonchev–Trinajstić information content (AvgIpc) is 2.23. The summed E-state index contributed by atoms with van der Waals surface area (Å²) < 4.78 is 5.76. The Bertz CT molecular complexity index is 177. The van der Waals surface area contributed by atoms with Crippen molar-refractivity contribution in [1.29, 1.82) is 0 Å². The van der Waals surface area contributed by atoms with Gasteiger partial charge in [-0.3, -0.25) is 0 Å². The molecular formula is C11H23N3O. The Morgan fingerprint density at radius 1 is 1.27 bits per heavy atom. The zero-order valence-corrected chi connectivity index (χ0v) is 9.74. The molecule has 88 valence electrons. The molecule has 4 nitrogen and oxygen atoms in total. The van der Waals surface area contributed by atoms with Crippen molar-refractivity contribution in [3.63, 3.8) is 0 Å². The second kappa shape index (κ2) is 5.80. The minimum atomic E-state index is 0.512. The second-order valence-corrected chi connectivity index (χ2v) is 4.66. The smallest absolute Gasteiger partial charge is 0.0828 e. The van der Waals surface area contributed by atoms with Crippen LogP contribution in [0.1, 0.15) is 6.42 Å². The Morgan fingerprint density at radius 3 is 2.67 bits per heavy atom. The molecule has 0 aromatic carbocycles. The van der Waals surface area contributed by atoms with E-state index in [1.165, 1.54) is 26.1 Å². The van der Waals surface area contributed by atoms with Crippen LogP contribution in [-0.4, -0.2) is 75.4 Å². The molecule has 2 fully saturated rings. The molecule has 1 N–H and O–H groups in total. The predicted molar refractivity (Wildman–Crippen MR) is 61.2 cm³/mol. The van der Waals surface area contributed by atoms with Crippen molar-refractivity contribution in [2.24, 2.45) is 0 Å². The molecule has 0 amide bonds. The van der Waals surface area contributed by atoms with Gasteiger partial charge in [0.05, 0.1) is 6.10 Å². The first-order valence-electron chi connectivity index (χ1n) is 6.08. The number of likely N-dealkylation sites (tertiary alicyclic amines) is 1. The lowest BCUT2D eigenvalue weighted by molar-refractivity contribution is -0.0454. The summed E-state index contributed by atoms with van der Waals surface area (Å²) in [6.07, 6.45) is 1.69. The van der Waals surface area contributed by atoms with E-state index in [-0.39, 0.29) is 0 Å². The van der Waals surface area contributed by atoms with Gasteiger partial charge in [-0.25, -0.2) is 0 Å². The Labute approximate surface area is 92.6 Å². The topological polar surface area (TPSA) is 27.7 Å². The molecule has 4 heteroatoms. The average molecular weight is 213 g/mol. The fourth-order valence-electron chi connectivity index (χ4n) is 2.22. The minimum absolute atomic E-state index is 0.512. The third kappa shape index (κ3) is 3.72. The predicted octanol–water partition coefficient (Wildman–Crippen LogP) is -0.388. The van der Waals surface area contributed by atoms with Gasteiger partial charge in [0.15, 0.2) is 0 Å². The Kier molecular flexibility index (Phi) is 4.38. The number of hydrogen-bond acceptors (Lipinski definition) is 4. The number of nitrogens with zero attached hydrogens (tertiary/aromatic N) is 2. The van der Waals surface area contributed by atoms with E-state index in [4.69, 9.17) is 4.74 Å². The number of nitrogens with one attached hydrogen (secondary N) is 1. The highest BCUT2D eigenvalue weighted by Crippen LogP contribution is 2.08. The summed E-state index contributed by atoms with van der Waals surface area (Å²) in [6.45, 7) is 9.06. The largest absolute Gasteiger partial charge is 0.376 e. The summed E-state index contributed by atoms with van der Waals surface area (Å²) in [5.41, 5.74) is 0. The van der Waals surface area contributed by atoms with Crippen molar-refractivity contribution in [2.75, 3.05) is 59.5 Å². The summed E-state index contributed by atoms with van der Waals surface area (Å²) in [4.78, 5) is 4.81. The standard InChI is InChI=1S/C11H23N3O/c1-13-9-11(10-13)15-8-2-5-14-6-3-12-4-7-14/h11-12H,2-10H2,1H3. The van der Waals surface area contributed by atoms with Gasteiger partial charge in [-0.2, -0.15) is 0 Å². The van der Waals surface area contributed by atoms with Gasteiger partial charge in [-0.1, -0.05) is 0 Å². The molecular weight excluding hydrogens is 190 g/mol.